The van der Waals surface area contributed by atoms with Crippen LogP contribution in [0.2, 0.25) is 5.02 Å². The van der Waals surface area contributed by atoms with Crippen LogP contribution >= 0.6 is 11.6 Å². The molecule has 5 nitrogen and oxygen atoms in total. The zero-order chi connectivity index (χ0) is 17.4. The molecule has 1 atom stereocenters. The standard InChI is InChI=1S/C17H15ClN2O3S/c1-24(22,23)16-8-6-15(7-9-16)20-11-10-19-17(20,12-21)13-2-4-14(18)5-3-13/h2-12,19H,1H3. The summed E-state index contributed by atoms with van der Waals surface area (Å²) in [5, 5.41) is 3.64. The van der Waals surface area contributed by atoms with Gasteiger partial charge in [0.05, 0.1) is 4.90 Å². The van der Waals surface area contributed by atoms with Crippen molar-refractivity contribution < 1.29 is 13.2 Å². The fourth-order valence-electron chi connectivity index (χ4n) is 2.65. The number of carbonyl (C=O) groups is 1. The van der Waals surface area contributed by atoms with Crippen LogP contribution in [-0.2, 0) is 20.3 Å². The first-order valence-electron chi connectivity index (χ1n) is 7.13. The Morgan fingerprint density at radius 2 is 1.71 bits per heavy atom. The molecule has 3 rings (SSSR count). The van der Waals surface area contributed by atoms with Gasteiger partial charge in [0.2, 0.25) is 0 Å². The van der Waals surface area contributed by atoms with E-state index in [2.05, 4.69) is 5.32 Å². The second-order valence-corrected chi connectivity index (χ2v) is 7.94. The van der Waals surface area contributed by atoms with Gasteiger partial charge in [-0.05, 0) is 36.4 Å². The molecule has 7 heteroatoms. The number of rotatable bonds is 4. The topological polar surface area (TPSA) is 66.5 Å². The highest BCUT2D eigenvalue weighted by Gasteiger charge is 2.40. The van der Waals surface area contributed by atoms with E-state index in [-0.39, 0.29) is 4.90 Å². The number of hydrogen-bond acceptors (Lipinski definition) is 5. The second-order valence-electron chi connectivity index (χ2n) is 5.49. The van der Waals surface area contributed by atoms with Crippen molar-refractivity contribution in [3.8, 4) is 0 Å². The second kappa shape index (κ2) is 5.96. The Labute approximate surface area is 145 Å². The SMILES string of the molecule is CS(=O)(=O)c1ccc(N2C=CNC2(C=O)c2ccc(Cl)cc2)cc1. The van der Waals surface area contributed by atoms with Crippen LogP contribution in [0.25, 0.3) is 0 Å². The van der Waals surface area contributed by atoms with Gasteiger partial charge in [0, 0.05) is 34.9 Å². The molecular weight excluding hydrogens is 348 g/mol. The average Bonchev–Trinajstić information content (AvgIpc) is 3.00. The van der Waals surface area contributed by atoms with Crippen molar-refractivity contribution in [1.29, 1.82) is 0 Å². The van der Waals surface area contributed by atoms with E-state index in [1.807, 2.05) is 0 Å². The van der Waals surface area contributed by atoms with Crippen LogP contribution in [0.1, 0.15) is 5.56 Å². The Morgan fingerprint density at radius 3 is 2.25 bits per heavy atom. The van der Waals surface area contributed by atoms with E-state index >= 15 is 0 Å². The number of sulfone groups is 1. The van der Waals surface area contributed by atoms with Gasteiger partial charge in [-0.1, -0.05) is 23.7 Å². The van der Waals surface area contributed by atoms with Gasteiger partial charge < -0.3 is 10.2 Å². The van der Waals surface area contributed by atoms with Gasteiger partial charge in [-0.2, -0.15) is 0 Å². The molecule has 1 N–H and O–H groups in total. The Bertz CT molecular complexity index is 892. The molecule has 2 aromatic carbocycles. The van der Waals surface area contributed by atoms with Crippen LogP contribution in [-0.4, -0.2) is 21.0 Å². The summed E-state index contributed by atoms with van der Waals surface area (Å²) in [6.07, 6.45) is 5.37. The van der Waals surface area contributed by atoms with Crippen molar-refractivity contribution in [2.24, 2.45) is 0 Å². The predicted octanol–water partition coefficient (Wildman–Crippen LogP) is 2.68. The van der Waals surface area contributed by atoms with Crippen LogP contribution < -0.4 is 10.2 Å². The number of halogens is 1. The Hall–Kier alpha value is -2.31. The van der Waals surface area contributed by atoms with E-state index in [4.69, 9.17) is 11.6 Å². The minimum absolute atomic E-state index is 0.227. The third-order valence-electron chi connectivity index (χ3n) is 3.90. The van der Waals surface area contributed by atoms with Gasteiger partial charge in [-0.15, -0.1) is 0 Å². The van der Waals surface area contributed by atoms with Crippen molar-refractivity contribution in [2.45, 2.75) is 10.6 Å². The number of benzene rings is 2. The van der Waals surface area contributed by atoms with E-state index in [0.717, 1.165) is 18.1 Å². The average molecular weight is 363 g/mol. The van der Waals surface area contributed by atoms with E-state index < -0.39 is 15.5 Å². The van der Waals surface area contributed by atoms with Gasteiger partial charge in [-0.25, -0.2) is 8.42 Å². The maximum absolute atomic E-state index is 12.0. The molecule has 0 saturated carbocycles. The molecule has 1 aliphatic heterocycles. The van der Waals surface area contributed by atoms with Crippen molar-refractivity contribution in [3.63, 3.8) is 0 Å². The van der Waals surface area contributed by atoms with Crippen molar-refractivity contribution in [3.05, 3.63) is 71.5 Å². The molecule has 0 spiro atoms. The molecule has 1 unspecified atom stereocenters. The number of nitrogens with zero attached hydrogens (tertiary/aromatic N) is 1. The highest BCUT2D eigenvalue weighted by atomic mass is 35.5. The smallest absolute Gasteiger partial charge is 0.198 e. The molecule has 0 aromatic heterocycles. The molecule has 0 aliphatic carbocycles. The Balaban J connectivity index is 2.04. The molecule has 0 bridgehead atoms. The monoisotopic (exact) mass is 362 g/mol. The molecule has 0 fully saturated rings. The quantitative estimate of drug-likeness (QED) is 0.847. The largest absolute Gasteiger partial charge is 0.357 e. The van der Waals surface area contributed by atoms with Crippen LogP contribution in [0.15, 0.2) is 65.8 Å². The maximum Gasteiger partial charge on any atom is 0.198 e. The van der Waals surface area contributed by atoms with Crippen molar-refractivity contribution >= 4 is 33.4 Å². The summed E-state index contributed by atoms with van der Waals surface area (Å²) in [4.78, 5) is 13.9. The molecule has 1 heterocycles. The summed E-state index contributed by atoms with van der Waals surface area (Å²) < 4.78 is 23.2. The van der Waals surface area contributed by atoms with Gasteiger partial charge in [-0.3, -0.25) is 4.79 Å². The van der Waals surface area contributed by atoms with Gasteiger partial charge >= 0.3 is 0 Å². The minimum Gasteiger partial charge on any atom is -0.357 e. The third kappa shape index (κ3) is 2.79. The van der Waals surface area contributed by atoms with Crippen LogP contribution in [0.4, 0.5) is 5.69 Å². The summed E-state index contributed by atoms with van der Waals surface area (Å²) in [5.41, 5.74) is 0.307. The summed E-state index contributed by atoms with van der Waals surface area (Å²) in [7, 11) is -3.27. The van der Waals surface area contributed by atoms with Crippen molar-refractivity contribution in [1.82, 2.24) is 5.32 Å². The first kappa shape index (κ1) is 16.5. The lowest BCUT2D eigenvalue weighted by Crippen LogP contribution is -2.50. The molecule has 2 aromatic rings. The Morgan fingerprint density at radius 1 is 1.08 bits per heavy atom. The maximum atomic E-state index is 12.0. The zero-order valence-corrected chi connectivity index (χ0v) is 14.4. The van der Waals surface area contributed by atoms with E-state index in [9.17, 15) is 13.2 Å². The zero-order valence-electron chi connectivity index (χ0n) is 12.8. The molecule has 1 aliphatic rings. The van der Waals surface area contributed by atoms with Gasteiger partial charge in [0.25, 0.3) is 0 Å². The van der Waals surface area contributed by atoms with E-state index in [0.29, 0.717) is 10.7 Å². The lowest BCUT2D eigenvalue weighted by molar-refractivity contribution is -0.112. The Kier molecular flexibility index (Phi) is 4.11. The number of nitrogens with one attached hydrogen (secondary N) is 1. The molecule has 0 saturated heterocycles. The molecular formula is C17H15ClN2O3S. The normalized spacial score (nSPS) is 20.0. The fourth-order valence-corrected chi connectivity index (χ4v) is 3.41. The highest BCUT2D eigenvalue weighted by Crippen LogP contribution is 2.34. The number of aldehydes is 1. The van der Waals surface area contributed by atoms with Crippen molar-refractivity contribution in [2.75, 3.05) is 11.2 Å². The number of anilines is 1. The van der Waals surface area contributed by atoms with Gasteiger partial charge in [0.1, 0.15) is 0 Å². The lowest BCUT2D eigenvalue weighted by atomic mass is 9.99. The summed E-state index contributed by atoms with van der Waals surface area (Å²) in [6.45, 7) is 0. The fraction of sp³-hybridized carbons (Fsp3) is 0.118. The predicted molar refractivity (Wildman–Crippen MR) is 93.5 cm³/mol. The minimum atomic E-state index is -3.27. The summed E-state index contributed by atoms with van der Waals surface area (Å²) in [5.74, 6) is 0. The first-order chi connectivity index (χ1) is 11.4. The highest BCUT2D eigenvalue weighted by molar-refractivity contribution is 7.90. The number of carbonyl (C=O) groups excluding carboxylic acids is 1. The number of hydrogen-bond donors (Lipinski definition) is 1. The van der Waals surface area contributed by atoms with Crippen LogP contribution in [0.3, 0.4) is 0 Å². The van der Waals surface area contributed by atoms with E-state index in [1.165, 1.54) is 12.1 Å². The summed E-state index contributed by atoms with van der Waals surface area (Å²) >= 11 is 5.93. The van der Waals surface area contributed by atoms with Crippen LogP contribution in [0.5, 0.6) is 0 Å². The molecule has 0 radical (unpaired) electrons. The van der Waals surface area contributed by atoms with Gasteiger partial charge in [0.15, 0.2) is 21.8 Å². The molecule has 124 valence electrons. The van der Waals surface area contributed by atoms with E-state index in [1.54, 1.807) is 53.7 Å². The molecule has 24 heavy (non-hydrogen) atoms. The first-order valence-corrected chi connectivity index (χ1v) is 9.40. The molecule has 0 amide bonds. The summed E-state index contributed by atoms with van der Waals surface area (Å²) in [6, 6.07) is 13.4. The van der Waals surface area contributed by atoms with Crippen LogP contribution in [0, 0.1) is 0 Å². The lowest BCUT2D eigenvalue weighted by Gasteiger charge is -2.35. The third-order valence-corrected chi connectivity index (χ3v) is 5.29.